The van der Waals surface area contributed by atoms with Crippen molar-refractivity contribution in [3.63, 3.8) is 0 Å². The molecule has 0 saturated heterocycles. The number of hydrogen-bond donors (Lipinski definition) is 0. The zero-order chi connectivity index (χ0) is 23.7. The first kappa shape index (κ1) is 21.7. The van der Waals surface area contributed by atoms with Gasteiger partial charge in [0.15, 0.2) is 18.1 Å². The Morgan fingerprint density at radius 1 is 1.03 bits per heavy atom. The van der Waals surface area contributed by atoms with Gasteiger partial charge in [-0.25, -0.2) is 0 Å². The van der Waals surface area contributed by atoms with E-state index < -0.39 is 5.97 Å². The van der Waals surface area contributed by atoms with Crippen molar-refractivity contribution in [3.05, 3.63) is 88.9 Å². The van der Waals surface area contributed by atoms with Crippen molar-refractivity contribution < 1.29 is 23.8 Å². The fraction of sp³-hybridized carbons (Fsp3) is 0.222. The van der Waals surface area contributed by atoms with Gasteiger partial charge in [0.1, 0.15) is 0 Å². The highest BCUT2D eigenvalue weighted by Crippen LogP contribution is 2.33. The third kappa shape index (κ3) is 4.24. The lowest BCUT2D eigenvalue weighted by Gasteiger charge is -2.11. The summed E-state index contributed by atoms with van der Waals surface area (Å²) in [4.78, 5) is 29.6. The Morgan fingerprint density at radius 2 is 1.88 bits per heavy atom. The second-order valence-corrected chi connectivity index (χ2v) is 8.31. The minimum absolute atomic E-state index is 0.0828. The molecular formula is C27H24N2O5. The summed E-state index contributed by atoms with van der Waals surface area (Å²) in [7, 11) is 0. The van der Waals surface area contributed by atoms with Crippen LogP contribution in [0.15, 0.2) is 60.8 Å². The van der Waals surface area contributed by atoms with Crippen LogP contribution in [0.1, 0.15) is 32.9 Å². The number of carbonyl (C=O) groups is 2. The molecule has 1 aliphatic rings. The highest BCUT2D eigenvalue weighted by atomic mass is 16.7. The van der Waals surface area contributed by atoms with Gasteiger partial charge < -0.3 is 18.8 Å². The summed E-state index contributed by atoms with van der Waals surface area (Å²) >= 11 is 0. The molecule has 0 N–H and O–H groups in total. The number of pyridine rings is 1. The van der Waals surface area contributed by atoms with Crippen LogP contribution in [0.2, 0.25) is 0 Å². The van der Waals surface area contributed by atoms with Crippen LogP contribution in [0.25, 0.3) is 10.9 Å². The van der Waals surface area contributed by atoms with Crippen LogP contribution in [0.4, 0.5) is 0 Å². The quantitative estimate of drug-likeness (QED) is 0.303. The molecule has 7 heteroatoms. The molecule has 0 aliphatic carbocycles. The van der Waals surface area contributed by atoms with Crippen molar-refractivity contribution in [2.24, 2.45) is 0 Å². The third-order valence-electron chi connectivity index (χ3n) is 6.09. The van der Waals surface area contributed by atoms with E-state index in [1.54, 1.807) is 6.20 Å². The van der Waals surface area contributed by atoms with Gasteiger partial charge in [0, 0.05) is 35.1 Å². The summed E-state index contributed by atoms with van der Waals surface area (Å²) in [5.74, 6) is 0.796. The molecule has 34 heavy (non-hydrogen) atoms. The molecule has 0 radical (unpaired) electrons. The first-order valence-electron chi connectivity index (χ1n) is 11.1. The second-order valence-electron chi connectivity index (χ2n) is 8.31. The molecule has 4 aromatic rings. The van der Waals surface area contributed by atoms with Gasteiger partial charge in [-0.3, -0.25) is 14.6 Å². The molecule has 172 valence electrons. The Hall–Kier alpha value is -4.13. The Kier molecular flexibility index (Phi) is 5.76. The molecule has 0 amide bonds. The summed E-state index contributed by atoms with van der Waals surface area (Å²) in [5.41, 5.74) is 5.02. The summed E-state index contributed by atoms with van der Waals surface area (Å²) < 4.78 is 18.2. The highest BCUT2D eigenvalue weighted by Gasteiger charge is 2.19. The van der Waals surface area contributed by atoms with Gasteiger partial charge in [-0.1, -0.05) is 24.3 Å². The fourth-order valence-corrected chi connectivity index (χ4v) is 4.30. The van der Waals surface area contributed by atoms with Crippen LogP contribution in [0, 0.1) is 13.8 Å². The van der Waals surface area contributed by atoms with Crippen molar-refractivity contribution in [3.8, 4) is 11.5 Å². The van der Waals surface area contributed by atoms with E-state index in [2.05, 4.69) is 9.55 Å². The molecule has 0 unspecified atom stereocenters. The second kappa shape index (κ2) is 9.02. The minimum atomic E-state index is -0.445. The summed E-state index contributed by atoms with van der Waals surface area (Å²) in [6.07, 6.45) is 1.80. The van der Waals surface area contributed by atoms with Crippen molar-refractivity contribution in [1.29, 1.82) is 0 Å². The van der Waals surface area contributed by atoms with E-state index in [1.165, 1.54) is 0 Å². The van der Waals surface area contributed by atoms with E-state index >= 15 is 0 Å². The number of ketones is 1. The van der Waals surface area contributed by atoms with Gasteiger partial charge in [0.2, 0.25) is 12.6 Å². The number of ether oxygens (including phenoxy) is 3. The van der Waals surface area contributed by atoms with Gasteiger partial charge in [-0.05, 0) is 55.3 Å². The molecule has 0 saturated carbocycles. The van der Waals surface area contributed by atoms with Crippen molar-refractivity contribution in [2.45, 2.75) is 26.8 Å². The number of benzene rings is 2. The summed E-state index contributed by atoms with van der Waals surface area (Å²) in [5, 5.41) is 0.903. The van der Waals surface area contributed by atoms with E-state index in [1.807, 2.05) is 68.4 Å². The maximum Gasteiger partial charge on any atom is 0.310 e. The zero-order valence-corrected chi connectivity index (χ0v) is 19.0. The zero-order valence-electron chi connectivity index (χ0n) is 19.0. The first-order chi connectivity index (χ1) is 16.5. The lowest BCUT2D eigenvalue weighted by atomic mass is 10.1. The molecule has 0 spiro atoms. The Bertz CT molecular complexity index is 1400. The number of esters is 1. The van der Waals surface area contributed by atoms with Crippen LogP contribution in [-0.2, 0) is 22.5 Å². The SMILES string of the molecule is Cc1cc(C(=O)COC(=O)Cc2cccc3ncccc23)c(C)n1Cc1ccc2c(c1)OCO2. The number of nitrogens with zero attached hydrogens (tertiary/aromatic N) is 2. The Labute approximate surface area is 196 Å². The lowest BCUT2D eigenvalue weighted by Crippen LogP contribution is -2.16. The Balaban J connectivity index is 1.25. The van der Waals surface area contributed by atoms with Crippen LogP contribution in [-0.4, -0.2) is 34.7 Å². The van der Waals surface area contributed by atoms with E-state index in [4.69, 9.17) is 14.2 Å². The maximum atomic E-state index is 12.9. The largest absolute Gasteiger partial charge is 0.457 e. The van der Waals surface area contributed by atoms with Crippen LogP contribution < -0.4 is 9.47 Å². The number of fused-ring (bicyclic) bond motifs is 2. The van der Waals surface area contributed by atoms with Gasteiger partial charge in [0.05, 0.1) is 11.9 Å². The number of Topliss-reactive ketones (excluding diaryl/α,β-unsaturated/α-hetero) is 1. The number of rotatable bonds is 7. The predicted molar refractivity (Wildman–Crippen MR) is 126 cm³/mol. The minimum Gasteiger partial charge on any atom is -0.457 e. The maximum absolute atomic E-state index is 12.9. The molecule has 1 aliphatic heterocycles. The van der Waals surface area contributed by atoms with Crippen molar-refractivity contribution in [1.82, 2.24) is 9.55 Å². The van der Waals surface area contributed by atoms with E-state index in [0.717, 1.165) is 44.9 Å². The highest BCUT2D eigenvalue weighted by molar-refractivity contribution is 5.99. The Morgan fingerprint density at radius 3 is 2.76 bits per heavy atom. The molecule has 3 heterocycles. The molecule has 2 aromatic carbocycles. The normalized spacial score (nSPS) is 12.2. The third-order valence-corrected chi connectivity index (χ3v) is 6.09. The predicted octanol–water partition coefficient (Wildman–Crippen LogP) is 4.40. The molecule has 5 rings (SSSR count). The average molecular weight is 456 g/mol. The van der Waals surface area contributed by atoms with Crippen molar-refractivity contribution in [2.75, 3.05) is 13.4 Å². The molecule has 0 bridgehead atoms. The first-order valence-corrected chi connectivity index (χ1v) is 11.1. The smallest absolute Gasteiger partial charge is 0.310 e. The van der Waals surface area contributed by atoms with Crippen LogP contribution >= 0.6 is 0 Å². The monoisotopic (exact) mass is 456 g/mol. The van der Waals surface area contributed by atoms with Gasteiger partial charge >= 0.3 is 5.97 Å². The molecule has 2 aromatic heterocycles. The van der Waals surface area contributed by atoms with Gasteiger partial charge in [-0.2, -0.15) is 0 Å². The van der Waals surface area contributed by atoms with Crippen molar-refractivity contribution >= 4 is 22.7 Å². The number of carbonyl (C=O) groups excluding carboxylic acids is 2. The van der Waals surface area contributed by atoms with Crippen LogP contribution in [0.3, 0.4) is 0 Å². The number of aryl methyl sites for hydroxylation is 1. The van der Waals surface area contributed by atoms with Crippen LogP contribution in [0.5, 0.6) is 11.5 Å². The average Bonchev–Trinajstić information content (AvgIpc) is 3.42. The topological polar surface area (TPSA) is 79.7 Å². The molecule has 0 fully saturated rings. The standard InChI is InChI=1S/C27H24N2O5/c1-17-11-22(18(2)29(17)14-19-8-9-25-26(12-19)34-16-33-25)24(30)15-32-27(31)13-20-5-3-7-23-21(20)6-4-10-28-23/h3-12H,13-16H2,1-2H3. The summed E-state index contributed by atoms with van der Waals surface area (Å²) in [6.45, 7) is 4.39. The molecular weight excluding hydrogens is 432 g/mol. The van der Waals surface area contributed by atoms with E-state index in [0.29, 0.717) is 12.1 Å². The number of aromatic nitrogens is 2. The van der Waals surface area contributed by atoms with Gasteiger partial charge in [-0.15, -0.1) is 0 Å². The van der Waals surface area contributed by atoms with E-state index in [9.17, 15) is 9.59 Å². The number of hydrogen-bond acceptors (Lipinski definition) is 6. The van der Waals surface area contributed by atoms with E-state index in [-0.39, 0.29) is 25.6 Å². The van der Waals surface area contributed by atoms with Gasteiger partial charge in [0.25, 0.3) is 0 Å². The molecule has 7 nitrogen and oxygen atoms in total. The molecule has 0 atom stereocenters. The summed E-state index contributed by atoms with van der Waals surface area (Å²) in [6, 6.07) is 17.1. The lowest BCUT2D eigenvalue weighted by molar-refractivity contribution is -0.141. The fourth-order valence-electron chi connectivity index (χ4n) is 4.30.